The van der Waals surface area contributed by atoms with Gasteiger partial charge in [0, 0.05) is 19.1 Å². The van der Waals surface area contributed by atoms with Gasteiger partial charge in [0.1, 0.15) is 0 Å². The van der Waals surface area contributed by atoms with Gasteiger partial charge in [-0.2, -0.15) is 16.4 Å². The number of benzene rings is 2. The van der Waals surface area contributed by atoms with Crippen LogP contribution >= 0.6 is 11.3 Å². The fraction of sp³-hybridized carbons (Fsp3) is 0.308. The van der Waals surface area contributed by atoms with Gasteiger partial charge in [0.25, 0.3) is 0 Å². The molecule has 1 unspecified atom stereocenters. The summed E-state index contributed by atoms with van der Waals surface area (Å²) >= 11 is 1.64. The van der Waals surface area contributed by atoms with E-state index in [1.807, 2.05) is 60.9 Å². The van der Waals surface area contributed by atoms with Crippen LogP contribution in [0.25, 0.3) is 11.0 Å². The lowest BCUT2D eigenvalue weighted by Crippen LogP contribution is -2.50. The molecule has 1 aliphatic rings. The predicted molar refractivity (Wildman–Crippen MR) is 144 cm³/mol. The largest absolute Gasteiger partial charge is 0.326 e. The van der Waals surface area contributed by atoms with E-state index in [2.05, 4.69) is 31.8 Å². The monoisotopic (exact) mass is 489 g/mol. The summed E-state index contributed by atoms with van der Waals surface area (Å²) in [6.45, 7) is 5.66. The molecule has 182 valence electrons. The summed E-state index contributed by atoms with van der Waals surface area (Å²) < 4.78 is 1.91. The number of piperidine rings is 1. The summed E-state index contributed by atoms with van der Waals surface area (Å²) in [6, 6.07) is 16.0. The third kappa shape index (κ3) is 4.27. The highest BCUT2D eigenvalue weighted by Gasteiger charge is 2.34. The van der Waals surface area contributed by atoms with Gasteiger partial charge in [-0.3, -0.25) is 14.5 Å². The van der Waals surface area contributed by atoms with E-state index in [0.29, 0.717) is 5.84 Å². The summed E-state index contributed by atoms with van der Waals surface area (Å²) in [6.07, 6.45) is 1.68. The summed E-state index contributed by atoms with van der Waals surface area (Å²) in [4.78, 5) is 18.1. The van der Waals surface area contributed by atoms with E-state index in [-0.39, 0.29) is 17.8 Å². The minimum Gasteiger partial charge on any atom is -0.321 e. The Balaban J connectivity index is 1.44. The first kappa shape index (κ1) is 23.3. The average molecular weight is 490 g/mol. The number of rotatable bonds is 5. The molecular formula is C26H31N7OS. The second kappa shape index (κ2) is 9.69. The number of amidine groups is 1. The van der Waals surface area contributed by atoms with Crippen molar-refractivity contribution in [1.29, 1.82) is 0 Å². The standard InChI is InChI=1S/C26H31N7OS/c1-17-6-5-7-18(2)23(17)33(28)25(30-27)24(19-12-15-35-16-19)31-13-10-20(11-14-31)32-22-9-4-3-8-21(22)29-26(32)34/h3-9,12,15-16,20,24H,10-11,13-14,27-28H2,1-2H3,(H,29,34). The molecule has 4 aromatic rings. The van der Waals surface area contributed by atoms with Crippen molar-refractivity contribution in [2.75, 3.05) is 18.1 Å². The molecule has 1 atom stereocenters. The summed E-state index contributed by atoms with van der Waals surface area (Å²) in [5.74, 6) is 13.3. The van der Waals surface area contributed by atoms with E-state index in [4.69, 9.17) is 11.7 Å². The molecule has 9 heteroatoms. The molecule has 1 fully saturated rings. The molecule has 1 aliphatic heterocycles. The fourth-order valence-corrected chi connectivity index (χ4v) is 6.04. The van der Waals surface area contributed by atoms with Crippen LogP contribution in [0.3, 0.4) is 0 Å². The first-order valence-corrected chi connectivity index (χ1v) is 12.8. The number of hydrazine groups is 1. The fourth-order valence-electron chi connectivity index (χ4n) is 5.36. The first-order valence-electron chi connectivity index (χ1n) is 11.8. The van der Waals surface area contributed by atoms with Crippen molar-refractivity contribution < 1.29 is 0 Å². The molecule has 8 nitrogen and oxygen atoms in total. The molecular weight excluding hydrogens is 458 g/mol. The first-order chi connectivity index (χ1) is 17.0. The minimum atomic E-state index is -0.184. The summed E-state index contributed by atoms with van der Waals surface area (Å²) in [5, 5.41) is 10.1. The van der Waals surface area contributed by atoms with E-state index >= 15 is 0 Å². The molecule has 3 heterocycles. The van der Waals surface area contributed by atoms with Gasteiger partial charge in [-0.1, -0.05) is 30.3 Å². The quantitative estimate of drug-likeness (QED) is 0.170. The van der Waals surface area contributed by atoms with Crippen molar-refractivity contribution in [2.24, 2.45) is 16.8 Å². The second-order valence-corrected chi connectivity index (χ2v) is 9.92. The number of H-pyrrole nitrogens is 1. The zero-order valence-corrected chi connectivity index (χ0v) is 20.8. The highest BCUT2D eigenvalue weighted by atomic mass is 32.1. The molecule has 2 aromatic heterocycles. The Morgan fingerprint density at radius 2 is 1.83 bits per heavy atom. The molecule has 35 heavy (non-hydrogen) atoms. The van der Waals surface area contributed by atoms with Crippen LogP contribution in [0.15, 0.2) is 69.2 Å². The van der Waals surface area contributed by atoms with Crippen molar-refractivity contribution in [3.8, 4) is 0 Å². The molecule has 0 bridgehead atoms. The predicted octanol–water partition coefficient (Wildman–Crippen LogP) is 4.04. The zero-order chi connectivity index (χ0) is 24.5. The lowest BCUT2D eigenvalue weighted by atomic mass is 9.98. The van der Waals surface area contributed by atoms with Gasteiger partial charge >= 0.3 is 5.69 Å². The minimum absolute atomic E-state index is 0.0496. The number of thiophene rings is 1. The Hall–Kier alpha value is -3.40. The third-order valence-electron chi connectivity index (χ3n) is 7.02. The van der Waals surface area contributed by atoms with Crippen molar-refractivity contribution in [3.05, 3.63) is 86.5 Å². The Morgan fingerprint density at radius 3 is 2.49 bits per heavy atom. The molecule has 1 saturated heterocycles. The van der Waals surface area contributed by atoms with Crippen LogP contribution < -0.4 is 22.4 Å². The number of nitrogens with one attached hydrogen (secondary N) is 1. The maximum absolute atomic E-state index is 12.7. The molecule has 0 saturated carbocycles. The number of fused-ring (bicyclic) bond motifs is 1. The number of aryl methyl sites for hydroxylation is 2. The van der Waals surface area contributed by atoms with Gasteiger partial charge in [0.15, 0.2) is 5.84 Å². The molecule has 5 rings (SSSR count). The van der Waals surface area contributed by atoms with E-state index in [1.54, 1.807) is 16.3 Å². The van der Waals surface area contributed by atoms with Crippen molar-refractivity contribution >= 4 is 33.9 Å². The second-order valence-electron chi connectivity index (χ2n) is 9.14. The molecule has 0 spiro atoms. The lowest BCUT2D eigenvalue weighted by Gasteiger charge is -2.40. The number of hydrogen-bond acceptors (Lipinski definition) is 6. The van der Waals surface area contributed by atoms with E-state index in [0.717, 1.165) is 59.3 Å². The van der Waals surface area contributed by atoms with Crippen LogP contribution in [0.1, 0.15) is 41.6 Å². The number of nitrogens with zero attached hydrogens (tertiary/aromatic N) is 4. The number of para-hydroxylation sites is 3. The smallest absolute Gasteiger partial charge is 0.321 e. The van der Waals surface area contributed by atoms with Crippen LogP contribution in [0.2, 0.25) is 0 Å². The molecule has 0 amide bonds. The van der Waals surface area contributed by atoms with Gasteiger partial charge in [-0.15, -0.1) is 0 Å². The van der Waals surface area contributed by atoms with Crippen molar-refractivity contribution in [1.82, 2.24) is 14.5 Å². The van der Waals surface area contributed by atoms with E-state index in [1.165, 1.54) is 0 Å². The van der Waals surface area contributed by atoms with E-state index < -0.39 is 0 Å². The van der Waals surface area contributed by atoms with E-state index in [9.17, 15) is 4.79 Å². The van der Waals surface area contributed by atoms with Crippen LogP contribution in [-0.2, 0) is 0 Å². The van der Waals surface area contributed by atoms with Gasteiger partial charge < -0.3 is 10.8 Å². The van der Waals surface area contributed by atoms with Crippen molar-refractivity contribution in [2.45, 2.75) is 38.8 Å². The number of aromatic nitrogens is 2. The number of anilines is 1. The zero-order valence-electron chi connectivity index (χ0n) is 20.0. The van der Waals surface area contributed by atoms with Gasteiger partial charge in [0.2, 0.25) is 0 Å². The normalized spacial score (nSPS) is 16.6. The molecule has 5 N–H and O–H groups in total. The SMILES string of the molecule is Cc1cccc(C)c1N(N)C(=NN)C(c1ccsc1)N1CCC(n2c(=O)[nH]c3ccccc32)CC1. The number of hydrazone groups is 1. The highest BCUT2D eigenvalue weighted by Crippen LogP contribution is 2.34. The lowest BCUT2D eigenvalue weighted by molar-refractivity contribution is 0.165. The van der Waals surface area contributed by atoms with Crippen molar-refractivity contribution in [3.63, 3.8) is 0 Å². The number of likely N-dealkylation sites (tertiary alicyclic amines) is 1. The van der Waals surface area contributed by atoms with Crippen LogP contribution in [0, 0.1) is 13.8 Å². The molecule has 0 radical (unpaired) electrons. The Kier molecular flexibility index (Phi) is 6.46. The Bertz CT molecular complexity index is 1380. The molecule has 0 aliphatic carbocycles. The topological polar surface area (TPSA) is 109 Å². The maximum atomic E-state index is 12.7. The number of imidazole rings is 1. The highest BCUT2D eigenvalue weighted by molar-refractivity contribution is 7.08. The van der Waals surface area contributed by atoms with Gasteiger partial charge in [-0.25, -0.2) is 10.6 Å². The number of aromatic amines is 1. The van der Waals surface area contributed by atoms with Gasteiger partial charge in [0.05, 0.1) is 22.8 Å². The van der Waals surface area contributed by atoms with Crippen LogP contribution in [0.4, 0.5) is 5.69 Å². The third-order valence-corrected chi connectivity index (χ3v) is 7.72. The summed E-state index contributed by atoms with van der Waals surface area (Å²) in [7, 11) is 0. The van der Waals surface area contributed by atoms with Gasteiger partial charge in [-0.05, 0) is 72.3 Å². The van der Waals surface area contributed by atoms with Crippen LogP contribution in [0.5, 0.6) is 0 Å². The molecule has 2 aromatic carbocycles. The number of nitrogens with two attached hydrogens (primary N) is 2. The van der Waals surface area contributed by atoms with Crippen LogP contribution in [-0.4, -0.2) is 33.4 Å². The maximum Gasteiger partial charge on any atom is 0.326 e. The Morgan fingerprint density at radius 1 is 1.11 bits per heavy atom. The number of hydrogen-bond donors (Lipinski definition) is 3. The average Bonchev–Trinajstić information content (AvgIpc) is 3.49. The Labute approximate surface area is 208 Å². The summed E-state index contributed by atoms with van der Waals surface area (Å²) in [5.41, 5.74) is 5.94.